The zero-order valence-corrected chi connectivity index (χ0v) is 17.5. The minimum absolute atomic E-state index is 0.263. The fourth-order valence-corrected chi connectivity index (χ4v) is 5.14. The van der Waals surface area contributed by atoms with E-state index in [4.69, 9.17) is 16.3 Å². The van der Waals surface area contributed by atoms with Gasteiger partial charge in [-0.2, -0.15) is 0 Å². The van der Waals surface area contributed by atoms with Crippen molar-refractivity contribution in [3.05, 3.63) is 64.2 Å². The molecule has 2 aliphatic heterocycles. The van der Waals surface area contributed by atoms with Gasteiger partial charge in [0.25, 0.3) is 11.8 Å². The number of hydrogen-bond acceptors (Lipinski definition) is 6. The molecule has 0 radical (unpaired) electrons. The number of amides is 2. The number of esters is 1. The van der Waals surface area contributed by atoms with Crippen molar-refractivity contribution in [2.45, 2.75) is 24.8 Å². The number of fused-ring (bicyclic) bond motifs is 2. The molecular formula is C21H19ClN2O4S. The van der Waals surface area contributed by atoms with Crippen molar-refractivity contribution >= 4 is 46.8 Å². The lowest BCUT2D eigenvalue weighted by molar-refractivity contribution is -0.145. The number of ether oxygens (including phenoxy) is 1. The van der Waals surface area contributed by atoms with E-state index in [1.54, 1.807) is 37.3 Å². The summed E-state index contributed by atoms with van der Waals surface area (Å²) < 4.78 is 5.11. The van der Waals surface area contributed by atoms with Gasteiger partial charge < -0.3 is 4.74 Å². The average Bonchev–Trinajstić information content (AvgIpc) is 3.25. The molecule has 1 saturated heterocycles. The first-order valence-corrected chi connectivity index (χ1v) is 10.6. The van der Waals surface area contributed by atoms with Gasteiger partial charge >= 0.3 is 5.97 Å². The summed E-state index contributed by atoms with van der Waals surface area (Å²) in [4.78, 5) is 39.0. The Morgan fingerprint density at radius 3 is 2.69 bits per heavy atom. The van der Waals surface area contributed by atoms with Crippen molar-refractivity contribution in [3.8, 4) is 0 Å². The molecule has 0 saturated carbocycles. The van der Waals surface area contributed by atoms with Crippen LogP contribution in [0.4, 0.5) is 5.69 Å². The molecule has 6 nitrogen and oxygen atoms in total. The number of thioether (sulfide) groups is 1. The SMILES string of the molecule is CCOC(=O)[C@@H]1CS[C@]2(N1)C(=O)N(C(=O)c1ccc(Cl)cc1)c1ccc(C)cc12. The van der Waals surface area contributed by atoms with Crippen molar-refractivity contribution in [2.24, 2.45) is 0 Å². The fourth-order valence-electron chi connectivity index (χ4n) is 3.62. The van der Waals surface area contributed by atoms with Crippen LogP contribution < -0.4 is 10.2 Å². The van der Waals surface area contributed by atoms with E-state index in [9.17, 15) is 14.4 Å². The third-order valence-electron chi connectivity index (χ3n) is 4.99. The van der Waals surface area contributed by atoms with Gasteiger partial charge in [-0.25, -0.2) is 4.90 Å². The zero-order chi connectivity index (χ0) is 20.8. The highest BCUT2D eigenvalue weighted by molar-refractivity contribution is 8.01. The van der Waals surface area contributed by atoms with Gasteiger partial charge in [0, 0.05) is 21.9 Å². The van der Waals surface area contributed by atoms with Crippen LogP contribution >= 0.6 is 23.4 Å². The Morgan fingerprint density at radius 2 is 2.00 bits per heavy atom. The standard InChI is InChI=1S/C21H19ClN2O4S/c1-3-28-19(26)16-11-29-21(23-16)15-10-12(2)4-9-17(15)24(20(21)27)18(25)13-5-7-14(22)8-6-13/h4-10,16,23H,3,11H2,1-2H3/t16-,21-/m0/s1. The zero-order valence-electron chi connectivity index (χ0n) is 15.9. The minimum Gasteiger partial charge on any atom is -0.465 e. The fraction of sp³-hybridized carbons (Fsp3) is 0.286. The Kier molecular flexibility index (Phi) is 5.14. The Labute approximate surface area is 177 Å². The van der Waals surface area contributed by atoms with Crippen molar-refractivity contribution < 1.29 is 19.1 Å². The maximum Gasteiger partial charge on any atom is 0.324 e. The highest BCUT2D eigenvalue weighted by atomic mass is 35.5. The second-order valence-corrected chi connectivity index (χ2v) is 8.59. The van der Waals surface area contributed by atoms with E-state index in [0.29, 0.717) is 27.6 Å². The molecule has 29 heavy (non-hydrogen) atoms. The van der Waals surface area contributed by atoms with Crippen LogP contribution in [0.25, 0.3) is 0 Å². The number of aryl methyl sites for hydroxylation is 1. The number of rotatable bonds is 3. The smallest absolute Gasteiger partial charge is 0.324 e. The number of carbonyl (C=O) groups is 3. The highest BCUT2D eigenvalue weighted by Crippen LogP contribution is 2.51. The van der Waals surface area contributed by atoms with Crippen LogP contribution in [-0.2, 0) is 19.2 Å². The number of halogens is 1. The third kappa shape index (κ3) is 3.23. The highest BCUT2D eigenvalue weighted by Gasteiger charge is 2.58. The van der Waals surface area contributed by atoms with E-state index in [1.165, 1.54) is 16.7 Å². The first kappa shape index (κ1) is 19.9. The third-order valence-corrected chi connectivity index (χ3v) is 6.68. The van der Waals surface area contributed by atoms with Gasteiger partial charge in [0.2, 0.25) is 0 Å². The summed E-state index contributed by atoms with van der Waals surface area (Å²) in [5.74, 6) is -0.868. The van der Waals surface area contributed by atoms with E-state index >= 15 is 0 Å². The quantitative estimate of drug-likeness (QED) is 0.595. The molecular weight excluding hydrogens is 412 g/mol. The lowest BCUT2D eigenvalue weighted by atomic mass is 10.0. The van der Waals surface area contributed by atoms with Crippen LogP contribution in [0.3, 0.4) is 0 Å². The van der Waals surface area contributed by atoms with Crippen LogP contribution in [0.5, 0.6) is 0 Å². The molecule has 2 aromatic carbocycles. The summed E-state index contributed by atoms with van der Waals surface area (Å²) in [7, 11) is 0. The van der Waals surface area contributed by atoms with E-state index in [-0.39, 0.29) is 6.61 Å². The number of carbonyl (C=O) groups excluding carboxylic acids is 3. The van der Waals surface area contributed by atoms with Crippen LogP contribution in [0.2, 0.25) is 5.02 Å². The maximum absolute atomic E-state index is 13.5. The summed E-state index contributed by atoms with van der Waals surface area (Å²) >= 11 is 7.24. The number of anilines is 1. The largest absolute Gasteiger partial charge is 0.465 e. The van der Waals surface area contributed by atoms with Gasteiger partial charge in [0.1, 0.15) is 6.04 Å². The molecule has 2 aliphatic rings. The van der Waals surface area contributed by atoms with Crippen molar-refractivity contribution in [2.75, 3.05) is 17.3 Å². The van der Waals surface area contributed by atoms with Gasteiger partial charge in [0.15, 0.2) is 4.87 Å². The molecule has 2 atom stereocenters. The molecule has 1 N–H and O–H groups in total. The van der Waals surface area contributed by atoms with E-state index in [1.807, 2.05) is 19.1 Å². The number of imide groups is 1. The van der Waals surface area contributed by atoms with Gasteiger partial charge in [-0.05, 0) is 44.2 Å². The first-order chi connectivity index (χ1) is 13.9. The maximum atomic E-state index is 13.5. The van der Waals surface area contributed by atoms with E-state index in [2.05, 4.69) is 5.32 Å². The predicted molar refractivity (Wildman–Crippen MR) is 112 cm³/mol. The number of nitrogens with zero attached hydrogens (tertiary/aromatic N) is 1. The molecule has 0 aromatic heterocycles. The van der Waals surface area contributed by atoms with Gasteiger partial charge in [0.05, 0.1) is 12.3 Å². The number of hydrogen-bond donors (Lipinski definition) is 1. The number of benzene rings is 2. The summed E-state index contributed by atoms with van der Waals surface area (Å²) in [6.07, 6.45) is 0. The summed E-state index contributed by atoms with van der Waals surface area (Å²) in [5.41, 5.74) is 2.52. The molecule has 0 unspecified atom stereocenters. The molecule has 2 aromatic rings. The van der Waals surface area contributed by atoms with E-state index < -0.39 is 28.7 Å². The monoisotopic (exact) mass is 430 g/mol. The molecule has 1 spiro atoms. The number of nitrogens with one attached hydrogen (secondary N) is 1. The van der Waals surface area contributed by atoms with Crippen molar-refractivity contribution in [1.29, 1.82) is 0 Å². The van der Waals surface area contributed by atoms with Crippen LogP contribution in [-0.4, -0.2) is 36.2 Å². The summed E-state index contributed by atoms with van der Waals surface area (Å²) in [6, 6.07) is 11.3. The second kappa shape index (κ2) is 7.48. The molecule has 0 aliphatic carbocycles. The Balaban J connectivity index is 1.75. The topological polar surface area (TPSA) is 75.7 Å². The summed E-state index contributed by atoms with van der Waals surface area (Å²) in [6.45, 7) is 3.92. The van der Waals surface area contributed by atoms with Crippen molar-refractivity contribution in [3.63, 3.8) is 0 Å². The van der Waals surface area contributed by atoms with Gasteiger partial charge in [-0.1, -0.05) is 29.3 Å². The summed E-state index contributed by atoms with van der Waals surface area (Å²) in [5, 5.41) is 3.66. The molecule has 8 heteroatoms. The molecule has 1 fully saturated rings. The predicted octanol–water partition coefficient (Wildman–Crippen LogP) is 3.26. The molecule has 2 heterocycles. The van der Waals surface area contributed by atoms with Crippen molar-refractivity contribution in [1.82, 2.24) is 5.32 Å². The first-order valence-electron chi connectivity index (χ1n) is 9.21. The van der Waals surface area contributed by atoms with Gasteiger partial charge in [-0.3, -0.25) is 19.7 Å². The molecule has 150 valence electrons. The normalized spacial score (nSPS) is 22.8. The van der Waals surface area contributed by atoms with Gasteiger partial charge in [-0.15, -0.1) is 11.8 Å². The molecule has 0 bridgehead atoms. The Hall–Kier alpha value is -2.35. The minimum atomic E-state index is -1.19. The average molecular weight is 431 g/mol. The van der Waals surface area contributed by atoms with E-state index in [0.717, 1.165) is 5.56 Å². The molecule has 2 amide bonds. The Morgan fingerprint density at radius 1 is 1.28 bits per heavy atom. The second-order valence-electron chi connectivity index (χ2n) is 6.91. The van der Waals surface area contributed by atoms with Crippen LogP contribution in [0.15, 0.2) is 42.5 Å². The van der Waals surface area contributed by atoms with Crippen LogP contribution in [0, 0.1) is 6.92 Å². The Bertz CT molecular complexity index is 1010. The van der Waals surface area contributed by atoms with Crippen LogP contribution in [0.1, 0.15) is 28.4 Å². The molecule has 4 rings (SSSR count). The lowest BCUT2D eigenvalue weighted by Crippen LogP contribution is -2.51. The lowest BCUT2D eigenvalue weighted by Gasteiger charge is -2.23.